The van der Waals surface area contributed by atoms with Gasteiger partial charge in [0.15, 0.2) is 0 Å². The van der Waals surface area contributed by atoms with Gasteiger partial charge in [0.05, 0.1) is 11.0 Å². The fraction of sp³-hybridized carbons (Fsp3) is 0.562. The van der Waals surface area contributed by atoms with Crippen molar-refractivity contribution in [1.29, 1.82) is 0 Å². The lowest BCUT2D eigenvalue weighted by Crippen LogP contribution is -2.15. The number of imidazole rings is 1. The highest BCUT2D eigenvalue weighted by molar-refractivity contribution is 5.79. The highest BCUT2D eigenvalue weighted by Crippen LogP contribution is 2.30. The van der Waals surface area contributed by atoms with Gasteiger partial charge in [-0.3, -0.25) is 0 Å². The third-order valence-electron chi connectivity index (χ3n) is 4.31. The summed E-state index contributed by atoms with van der Waals surface area (Å²) in [7, 11) is 0. The molecule has 1 heterocycles. The summed E-state index contributed by atoms with van der Waals surface area (Å²) in [4.78, 5) is 4.77. The molecule has 3 rings (SSSR count). The molecule has 2 aromatic rings. The Morgan fingerprint density at radius 2 is 2.21 bits per heavy atom. The Balaban J connectivity index is 1.90. The van der Waals surface area contributed by atoms with Gasteiger partial charge in [-0.25, -0.2) is 4.98 Å². The Labute approximate surface area is 114 Å². The number of nitrogens with two attached hydrogens (primary N) is 1. The number of fused-ring (bicyclic) bond motifs is 1. The molecule has 0 bridgehead atoms. The molecule has 1 aromatic heterocycles. The first-order valence-electron chi connectivity index (χ1n) is 7.52. The van der Waals surface area contributed by atoms with Crippen LogP contribution in [0.3, 0.4) is 0 Å². The molecule has 0 radical (unpaired) electrons. The lowest BCUT2D eigenvalue weighted by molar-refractivity contribution is 0.282. The van der Waals surface area contributed by atoms with Gasteiger partial charge in [0.2, 0.25) is 0 Å². The highest BCUT2D eigenvalue weighted by Gasteiger charge is 2.18. The Kier molecular flexibility index (Phi) is 3.45. The van der Waals surface area contributed by atoms with Crippen LogP contribution in [0.1, 0.15) is 44.9 Å². The van der Waals surface area contributed by atoms with Crippen LogP contribution in [0.2, 0.25) is 0 Å². The van der Waals surface area contributed by atoms with E-state index < -0.39 is 0 Å². The van der Waals surface area contributed by atoms with E-state index in [1.165, 1.54) is 37.0 Å². The van der Waals surface area contributed by atoms with Crippen molar-refractivity contribution in [3.05, 3.63) is 24.0 Å². The van der Waals surface area contributed by atoms with Crippen molar-refractivity contribution < 1.29 is 0 Å². The van der Waals surface area contributed by atoms with Gasteiger partial charge in [-0.2, -0.15) is 0 Å². The van der Waals surface area contributed by atoms with E-state index in [1.54, 1.807) is 0 Å². The molecule has 1 fully saturated rings. The Hall–Kier alpha value is -1.51. The van der Waals surface area contributed by atoms with E-state index >= 15 is 0 Å². The number of aryl methyl sites for hydroxylation is 2. The average Bonchev–Trinajstić information content (AvgIpc) is 2.65. The monoisotopic (exact) mass is 257 g/mol. The van der Waals surface area contributed by atoms with Crippen LogP contribution in [0, 0.1) is 5.92 Å². The summed E-state index contributed by atoms with van der Waals surface area (Å²) in [5, 5.41) is 0. The molecular formula is C16H23N3. The molecule has 102 valence electrons. The minimum Gasteiger partial charge on any atom is -0.399 e. The van der Waals surface area contributed by atoms with Crippen LogP contribution >= 0.6 is 0 Å². The first-order valence-corrected chi connectivity index (χ1v) is 7.52. The van der Waals surface area contributed by atoms with E-state index in [2.05, 4.69) is 17.6 Å². The van der Waals surface area contributed by atoms with E-state index in [4.69, 9.17) is 10.7 Å². The largest absolute Gasteiger partial charge is 0.399 e. The van der Waals surface area contributed by atoms with Gasteiger partial charge in [0, 0.05) is 18.7 Å². The summed E-state index contributed by atoms with van der Waals surface area (Å²) >= 11 is 0. The van der Waals surface area contributed by atoms with Crippen LogP contribution in [0.5, 0.6) is 0 Å². The Bertz CT molecular complexity index is 567. The SMILES string of the molecule is CCCc1nc2cc(N)ccc2n1CCC1CCC1. The fourth-order valence-corrected chi connectivity index (χ4v) is 2.95. The van der Waals surface area contributed by atoms with Crippen molar-refractivity contribution in [2.75, 3.05) is 5.73 Å². The maximum atomic E-state index is 5.86. The third-order valence-corrected chi connectivity index (χ3v) is 4.31. The van der Waals surface area contributed by atoms with Gasteiger partial charge in [-0.1, -0.05) is 26.2 Å². The smallest absolute Gasteiger partial charge is 0.109 e. The van der Waals surface area contributed by atoms with Crippen LogP contribution in [-0.4, -0.2) is 9.55 Å². The number of benzene rings is 1. The molecule has 0 amide bonds. The molecule has 1 aromatic carbocycles. The summed E-state index contributed by atoms with van der Waals surface area (Å²) in [6.07, 6.45) is 7.76. The van der Waals surface area contributed by atoms with E-state index in [0.717, 1.165) is 36.5 Å². The number of nitrogens with zero attached hydrogens (tertiary/aromatic N) is 2. The van der Waals surface area contributed by atoms with Gasteiger partial charge in [-0.15, -0.1) is 0 Å². The fourth-order valence-electron chi connectivity index (χ4n) is 2.95. The predicted molar refractivity (Wildman–Crippen MR) is 80.1 cm³/mol. The van der Waals surface area contributed by atoms with Crippen molar-refractivity contribution >= 4 is 16.7 Å². The molecule has 0 spiro atoms. The summed E-state index contributed by atoms with van der Waals surface area (Å²) in [6.45, 7) is 3.32. The first-order chi connectivity index (χ1) is 9.28. The quantitative estimate of drug-likeness (QED) is 0.829. The lowest BCUT2D eigenvalue weighted by atomic mass is 9.83. The zero-order valence-corrected chi connectivity index (χ0v) is 11.7. The second-order valence-electron chi connectivity index (χ2n) is 5.76. The molecule has 1 saturated carbocycles. The maximum Gasteiger partial charge on any atom is 0.109 e. The van der Waals surface area contributed by atoms with Gasteiger partial charge in [-0.05, 0) is 37.0 Å². The normalized spacial score (nSPS) is 15.8. The minimum atomic E-state index is 0.805. The molecule has 0 atom stereocenters. The molecule has 1 aliphatic carbocycles. The van der Waals surface area contributed by atoms with E-state index in [-0.39, 0.29) is 0 Å². The molecule has 3 heteroatoms. The topological polar surface area (TPSA) is 43.8 Å². The van der Waals surface area contributed by atoms with Crippen LogP contribution in [-0.2, 0) is 13.0 Å². The van der Waals surface area contributed by atoms with Crippen LogP contribution in [0.4, 0.5) is 5.69 Å². The number of nitrogen functional groups attached to an aromatic ring is 1. The Morgan fingerprint density at radius 1 is 1.37 bits per heavy atom. The summed E-state index contributed by atoms with van der Waals surface area (Å²) < 4.78 is 2.41. The highest BCUT2D eigenvalue weighted by atomic mass is 15.1. The lowest BCUT2D eigenvalue weighted by Gasteiger charge is -2.25. The van der Waals surface area contributed by atoms with Crippen LogP contribution in [0.25, 0.3) is 11.0 Å². The Morgan fingerprint density at radius 3 is 2.89 bits per heavy atom. The summed E-state index contributed by atoms with van der Waals surface area (Å²) in [6, 6.07) is 6.10. The predicted octanol–water partition coefficient (Wildman–Crippen LogP) is 3.76. The average molecular weight is 257 g/mol. The summed E-state index contributed by atoms with van der Waals surface area (Å²) in [5.74, 6) is 2.17. The second-order valence-corrected chi connectivity index (χ2v) is 5.76. The number of anilines is 1. The zero-order valence-electron chi connectivity index (χ0n) is 11.7. The second kappa shape index (κ2) is 5.24. The zero-order chi connectivity index (χ0) is 13.2. The van der Waals surface area contributed by atoms with Gasteiger partial charge >= 0.3 is 0 Å². The molecule has 0 aliphatic heterocycles. The van der Waals surface area contributed by atoms with Gasteiger partial charge in [0.1, 0.15) is 5.82 Å². The van der Waals surface area contributed by atoms with Crippen molar-refractivity contribution in [1.82, 2.24) is 9.55 Å². The van der Waals surface area contributed by atoms with Crippen LogP contribution < -0.4 is 5.73 Å². The molecule has 0 saturated heterocycles. The number of aromatic nitrogens is 2. The van der Waals surface area contributed by atoms with E-state index in [9.17, 15) is 0 Å². The molecule has 2 N–H and O–H groups in total. The molecule has 1 aliphatic rings. The van der Waals surface area contributed by atoms with Crippen molar-refractivity contribution in [3.8, 4) is 0 Å². The minimum absolute atomic E-state index is 0.805. The van der Waals surface area contributed by atoms with Crippen LogP contribution in [0.15, 0.2) is 18.2 Å². The van der Waals surface area contributed by atoms with Crippen molar-refractivity contribution in [2.45, 2.75) is 52.0 Å². The molecule has 3 nitrogen and oxygen atoms in total. The molecule has 0 unspecified atom stereocenters. The number of hydrogen-bond donors (Lipinski definition) is 1. The van der Waals surface area contributed by atoms with Gasteiger partial charge < -0.3 is 10.3 Å². The first kappa shape index (κ1) is 12.5. The molecular weight excluding hydrogens is 234 g/mol. The summed E-state index contributed by atoms with van der Waals surface area (Å²) in [5.41, 5.74) is 8.97. The van der Waals surface area contributed by atoms with Crippen molar-refractivity contribution in [2.24, 2.45) is 5.92 Å². The maximum absolute atomic E-state index is 5.86. The van der Waals surface area contributed by atoms with E-state index in [0.29, 0.717) is 0 Å². The standard InChI is InChI=1S/C16H23N3/c1-2-4-16-18-14-11-13(17)7-8-15(14)19(16)10-9-12-5-3-6-12/h7-8,11-12H,2-6,9-10,17H2,1H3. The third kappa shape index (κ3) is 2.46. The molecule has 19 heavy (non-hydrogen) atoms. The number of rotatable bonds is 5. The number of hydrogen-bond acceptors (Lipinski definition) is 2. The van der Waals surface area contributed by atoms with Gasteiger partial charge in [0.25, 0.3) is 0 Å². The van der Waals surface area contributed by atoms with E-state index in [1.807, 2.05) is 12.1 Å². The van der Waals surface area contributed by atoms with Crippen molar-refractivity contribution in [3.63, 3.8) is 0 Å².